The molecule has 0 spiro atoms. The molecule has 0 aliphatic carbocycles. The molecule has 2 aliphatic heterocycles. The molecule has 0 saturated carbocycles. The molecule has 370 valence electrons. The minimum Gasteiger partial charge on any atom is -0.459 e. The van der Waals surface area contributed by atoms with Crippen LogP contribution >= 0.6 is 0 Å². The average Bonchev–Trinajstić information content (AvgIpc) is 3.18. The first-order chi connectivity index (χ1) is 30.6. The van der Waals surface area contributed by atoms with Crippen molar-refractivity contribution in [1.29, 1.82) is 0 Å². The number of ether oxygens (including phenoxy) is 4. The first-order valence-electron chi connectivity index (χ1n) is 23.5. The van der Waals surface area contributed by atoms with Crippen LogP contribution in [0.4, 0.5) is 5.69 Å². The van der Waals surface area contributed by atoms with Gasteiger partial charge >= 0.3 is 23.9 Å². The number of aliphatic hydroxyl groups excluding tert-OH is 1. The van der Waals surface area contributed by atoms with E-state index in [1.54, 1.807) is 0 Å². The molecule has 3 heterocycles. The van der Waals surface area contributed by atoms with E-state index in [1.807, 2.05) is 138 Å². The van der Waals surface area contributed by atoms with Gasteiger partial charge in [-0.05, 0) is 108 Å². The lowest BCUT2D eigenvalue weighted by atomic mass is 10.1. The van der Waals surface area contributed by atoms with E-state index >= 15 is 0 Å². The zero-order valence-corrected chi connectivity index (χ0v) is 41.9. The monoisotopic (exact) mass is 926 g/mol. The molecule has 2 aliphatic rings. The number of carbonyl (C=O) groups is 5. The number of carbonyl (C=O) groups excluding carboxylic acids is 5. The zero-order chi connectivity index (χ0) is 49.0. The third-order valence-corrected chi connectivity index (χ3v) is 10.8. The zero-order valence-electron chi connectivity index (χ0n) is 41.9. The fourth-order valence-electron chi connectivity index (χ4n) is 7.89. The fourth-order valence-corrected chi connectivity index (χ4v) is 7.89. The number of hydrogen-bond acceptors (Lipinski definition) is 16. The number of benzene rings is 1. The summed E-state index contributed by atoms with van der Waals surface area (Å²) in [6.45, 7) is 26.9. The number of fused-ring (bicyclic) bond motifs is 1. The Kier molecular flexibility index (Phi) is 19.3. The molecule has 66 heavy (non-hydrogen) atoms. The molecule has 2 fully saturated rings. The number of rotatable bonds is 13. The van der Waals surface area contributed by atoms with Crippen LogP contribution < -0.4 is 4.90 Å². The summed E-state index contributed by atoms with van der Waals surface area (Å²) in [5.41, 5.74) is -0.475. The SMILES string of the molecule is CC(C)(C)OC(=O)CN1CCN(CC(=O)OC(C)(C)C)CCN(C(CCC(=O)N2CCN(c3ccc4ccc(CO)nc4c3)CC2)C(=O)OC(C)(C)C)CCN(CC(=O)OC(C)(C)C)CC1. The number of anilines is 1. The first-order valence-corrected chi connectivity index (χ1v) is 23.5. The lowest BCUT2D eigenvalue weighted by Gasteiger charge is -2.38. The lowest BCUT2D eigenvalue weighted by molar-refractivity contribution is -0.163. The second kappa shape index (κ2) is 23.5. The number of nitrogens with zero attached hydrogens (tertiary/aromatic N) is 7. The van der Waals surface area contributed by atoms with Gasteiger partial charge in [-0.15, -0.1) is 0 Å². The van der Waals surface area contributed by atoms with Gasteiger partial charge in [-0.2, -0.15) is 0 Å². The Hall–Kier alpha value is -4.42. The first kappa shape index (κ1) is 54.2. The predicted molar refractivity (Wildman–Crippen MR) is 254 cm³/mol. The molecule has 4 rings (SSSR count). The van der Waals surface area contributed by atoms with Crippen molar-refractivity contribution in [3.63, 3.8) is 0 Å². The van der Waals surface area contributed by atoms with E-state index in [9.17, 15) is 29.1 Å². The van der Waals surface area contributed by atoms with Gasteiger partial charge in [0.15, 0.2) is 0 Å². The Morgan fingerprint density at radius 2 is 1.00 bits per heavy atom. The Morgan fingerprint density at radius 3 is 1.42 bits per heavy atom. The van der Waals surface area contributed by atoms with Crippen molar-refractivity contribution in [2.75, 3.05) is 103 Å². The van der Waals surface area contributed by atoms with Gasteiger partial charge in [0, 0.05) is 96.0 Å². The van der Waals surface area contributed by atoms with E-state index in [0.717, 1.165) is 16.6 Å². The molecule has 17 heteroatoms. The highest BCUT2D eigenvalue weighted by molar-refractivity contribution is 5.83. The number of esters is 4. The highest BCUT2D eigenvalue weighted by Crippen LogP contribution is 2.24. The number of amides is 1. The molecule has 1 atom stereocenters. The van der Waals surface area contributed by atoms with Crippen LogP contribution in [0.2, 0.25) is 0 Å². The normalized spacial score (nSPS) is 18.0. The van der Waals surface area contributed by atoms with Crippen LogP contribution in [-0.4, -0.2) is 191 Å². The van der Waals surface area contributed by atoms with Gasteiger partial charge in [-0.3, -0.25) is 48.6 Å². The number of pyridine rings is 1. The third kappa shape index (κ3) is 19.4. The third-order valence-electron chi connectivity index (χ3n) is 10.8. The van der Waals surface area contributed by atoms with E-state index in [2.05, 4.69) is 9.88 Å². The minimum atomic E-state index is -0.818. The largest absolute Gasteiger partial charge is 0.459 e. The van der Waals surface area contributed by atoms with Crippen LogP contribution in [0.25, 0.3) is 10.9 Å². The van der Waals surface area contributed by atoms with Gasteiger partial charge in [-0.1, -0.05) is 12.1 Å². The van der Waals surface area contributed by atoms with E-state index in [-0.39, 0.29) is 51.0 Å². The van der Waals surface area contributed by atoms with E-state index < -0.39 is 46.4 Å². The molecule has 0 bridgehead atoms. The summed E-state index contributed by atoms with van der Waals surface area (Å²) < 4.78 is 23.2. The number of piperazine rings is 1. The summed E-state index contributed by atoms with van der Waals surface area (Å²) in [4.78, 5) is 84.6. The molecular weight excluding hydrogens is 847 g/mol. The Bertz CT molecular complexity index is 1900. The summed E-state index contributed by atoms with van der Waals surface area (Å²) in [6, 6.07) is 9.01. The topological polar surface area (TPSA) is 175 Å². The van der Waals surface area contributed by atoms with Crippen molar-refractivity contribution < 1.29 is 48.0 Å². The molecular formula is C49H79N7O10. The van der Waals surface area contributed by atoms with Crippen molar-refractivity contribution in [3.8, 4) is 0 Å². The fraction of sp³-hybridized carbons (Fsp3) is 0.714. The van der Waals surface area contributed by atoms with E-state index in [1.165, 1.54) is 0 Å². The van der Waals surface area contributed by atoms with Gasteiger partial charge in [-0.25, -0.2) is 0 Å². The smallest absolute Gasteiger partial charge is 0.323 e. The van der Waals surface area contributed by atoms with E-state index in [0.29, 0.717) is 84.2 Å². The summed E-state index contributed by atoms with van der Waals surface area (Å²) in [7, 11) is 0. The van der Waals surface area contributed by atoms with Crippen LogP contribution in [0.3, 0.4) is 0 Å². The van der Waals surface area contributed by atoms with Crippen LogP contribution in [-0.2, 0) is 49.5 Å². The second-order valence-corrected chi connectivity index (χ2v) is 21.4. The standard InChI is InChI=1S/C49H79N7O10/c1-46(2,3)63-42(59)32-51-19-21-52(33-43(60)64-47(4,5)6)23-25-55(26-24-53(22-20-51)34-44(61)65-48(7,8)9)40(45(62)66-49(10,11)12)17-18-41(58)56-29-27-54(28-30-56)38-16-14-36-13-15-37(35-57)50-39(36)31-38/h13-16,31,40,57H,17-30,32-35H2,1-12H3. The molecule has 1 unspecified atom stereocenters. The van der Waals surface area contributed by atoms with Gasteiger partial charge in [0.2, 0.25) is 5.91 Å². The molecule has 1 aromatic heterocycles. The maximum atomic E-state index is 14.3. The molecule has 1 aromatic carbocycles. The maximum absolute atomic E-state index is 14.3. The molecule has 2 aromatic rings. The molecule has 1 amide bonds. The molecule has 0 radical (unpaired) electrons. The van der Waals surface area contributed by atoms with Crippen LogP contribution in [0.1, 0.15) is 102 Å². The summed E-state index contributed by atoms with van der Waals surface area (Å²) >= 11 is 0. The van der Waals surface area contributed by atoms with Gasteiger partial charge in [0.1, 0.15) is 28.4 Å². The van der Waals surface area contributed by atoms with Crippen molar-refractivity contribution in [2.45, 2.75) is 131 Å². The van der Waals surface area contributed by atoms with Crippen molar-refractivity contribution >= 4 is 46.4 Å². The number of hydrogen-bond donors (Lipinski definition) is 1. The number of aromatic nitrogens is 1. The Morgan fingerprint density at radius 1 is 0.576 bits per heavy atom. The van der Waals surface area contributed by atoms with Gasteiger partial charge in [0.05, 0.1) is 37.5 Å². The Labute approximate surface area is 393 Å². The summed E-state index contributed by atoms with van der Waals surface area (Å²) in [5, 5.41) is 10.6. The quantitative estimate of drug-likeness (QED) is 0.224. The van der Waals surface area contributed by atoms with Crippen molar-refractivity contribution in [2.24, 2.45) is 0 Å². The lowest BCUT2D eigenvalue weighted by Crippen LogP contribution is -2.53. The highest BCUT2D eigenvalue weighted by Gasteiger charge is 2.34. The van der Waals surface area contributed by atoms with Crippen LogP contribution in [0, 0.1) is 0 Å². The molecule has 1 N–H and O–H groups in total. The summed E-state index contributed by atoms with van der Waals surface area (Å²) in [5.74, 6) is -1.69. The van der Waals surface area contributed by atoms with Crippen LogP contribution in [0.5, 0.6) is 0 Å². The van der Waals surface area contributed by atoms with Crippen molar-refractivity contribution in [3.05, 3.63) is 36.0 Å². The summed E-state index contributed by atoms with van der Waals surface area (Å²) in [6.07, 6.45) is 0.298. The highest BCUT2D eigenvalue weighted by atomic mass is 16.6. The predicted octanol–water partition coefficient (Wildman–Crippen LogP) is 4.11. The minimum absolute atomic E-state index is 0.0147. The Balaban J connectivity index is 1.58. The number of aliphatic hydroxyl groups is 1. The second-order valence-electron chi connectivity index (χ2n) is 21.4. The average molecular weight is 926 g/mol. The van der Waals surface area contributed by atoms with Crippen LogP contribution in [0.15, 0.2) is 30.3 Å². The molecule has 2 saturated heterocycles. The van der Waals surface area contributed by atoms with Crippen molar-refractivity contribution in [1.82, 2.24) is 29.5 Å². The van der Waals surface area contributed by atoms with E-state index in [4.69, 9.17) is 18.9 Å². The maximum Gasteiger partial charge on any atom is 0.323 e. The molecule has 17 nitrogen and oxygen atoms in total. The van der Waals surface area contributed by atoms with Gasteiger partial charge < -0.3 is 33.9 Å². The van der Waals surface area contributed by atoms with Gasteiger partial charge in [0.25, 0.3) is 0 Å².